The second kappa shape index (κ2) is 5.19. The van der Waals surface area contributed by atoms with Gasteiger partial charge >= 0.3 is 6.03 Å². The van der Waals surface area contributed by atoms with Crippen molar-refractivity contribution in [2.75, 3.05) is 44.5 Å². The molecule has 0 aliphatic carbocycles. The Labute approximate surface area is 145 Å². The van der Waals surface area contributed by atoms with Crippen LogP contribution in [0.25, 0.3) is 0 Å². The first-order valence-corrected chi connectivity index (χ1v) is 8.21. The molecule has 0 radical (unpaired) electrons. The highest BCUT2D eigenvalue weighted by Gasteiger charge is 2.63. The van der Waals surface area contributed by atoms with E-state index < -0.39 is 29.3 Å². The third-order valence-electron chi connectivity index (χ3n) is 5.53. The highest BCUT2D eigenvalue weighted by molar-refractivity contribution is 6.20. The van der Waals surface area contributed by atoms with Crippen LogP contribution in [0.3, 0.4) is 0 Å². The Balaban J connectivity index is 1.92. The topological polar surface area (TPSA) is 96.2 Å². The molecule has 0 aromatic heterocycles. The minimum atomic E-state index is -1.38. The number of morpholine rings is 1. The van der Waals surface area contributed by atoms with E-state index in [-0.39, 0.29) is 13.0 Å². The number of amides is 4. The lowest BCUT2D eigenvalue weighted by atomic mass is 9.68. The number of barbiturate groups is 1. The summed E-state index contributed by atoms with van der Waals surface area (Å²) in [4.78, 5) is 42.6. The number of carbonyl (C=O) groups is 3. The van der Waals surface area contributed by atoms with E-state index in [0.29, 0.717) is 18.8 Å². The maximum atomic E-state index is 13.2. The van der Waals surface area contributed by atoms with E-state index in [1.165, 1.54) is 14.1 Å². The second-order valence-electron chi connectivity index (χ2n) is 6.83. The van der Waals surface area contributed by atoms with E-state index in [1.807, 2.05) is 12.1 Å². The van der Waals surface area contributed by atoms with Gasteiger partial charge in [0.1, 0.15) is 0 Å². The highest BCUT2D eigenvalue weighted by atomic mass is 16.5. The smallest absolute Gasteiger partial charge is 0.332 e. The number of urea groups is 1. The molecule has 132 valence electrons. The van der Waals surface area contributed by atoms with Crippen molar-refractivity contribution in [2.45, 2.75) is 12.5 Å². The first kappa shape index (κ1) is 15.9. The molecule has 0 unspecified atom stereocenters. The maximum absolute atomic E-state index is 13.2. The van der Waals surface area contributed by atoms with Crippen molar-refractivity contribution in [3.05, 3.63) is 23.8 Å². The monoisotopic (exact) mass is 344 g/mol. The molecule has 8 nitrogen and oxygen atoms in total. The predicted octanol–water partition coefficient (Wildman–Crippen LogP) is 0.0669. The van der Waals surface area contributed by atoms with E-state index in [0.717, 1.165) is 21.1 Å². The van der Waals surface area contributed by atoms with Gasteiger partial charge in [0.2, 0.25) is 11.8 Å². The third kappa shape index (κ3) is 1.94. The Bertz CT molecular complexity index is 769. The summed E-state index contributed by atoms with van der Waals surface area (Å²) in [5.41, 5.74) is 6.94. The number of imide groups is 2. The molecule has 3 aliphatic rings. The molecule has 4 amide bonds. The Hall–Kier alpha value is -2.61. The van der Waals surface area contributed by atoms with Crippen molar-refractivity contribution in [1.82, 2.24) is 9.80 Å². The van der Waals surface area contributed by atoms with Gasteiger partial charge in [-0.25, -0.2) is 4.79 Å². The molecule has 3 aliphatic heterocycles. The Morgan fingerprint density at radius 1 is 1.16 bits per heavy atom. The number of fused-ring (bicyclic) bond motifs is 4. The molecule has 0 bridgehead atoms. The van der Waals surface area contributed by atoms with Gasteiger partial charge in [0.05, 0.1) is 19.3 Å². The molecule has 25 heavy (non-hydrogen) atoms. The van der Waals surface area contributed by atoms with Gasteiger partial charge in [-0.15, -0.1) is 0 Å². The highest BCUT2D eigenvalue weighted by Crippen LogP contribution is 2.46. The summed E-state index contributed by atoms with van der Waals surface area (Å²) in [5, 5.41) is 0. The number of ether oxygens (including phenoxy) is 1. The van der Waals surface area contributed by atoms with Crippen LogP contribution in [-0.4, -0.2) is 67.5 Å². The van der Waals surface area contributed by atoms with Crippen LogP contribution in [0.2, 0.25) is 0 Å². The van der Waals surface area contributed by atoms with Crippen LogP contribution in [0.4, 0.5) is 16.2 Å². The normalized spacial score (nSPS) is 25.3. The van der Waals surface area contributed by atoms with E-state index >= 15 is 0 Å². The first-order valence-electron chi connectivity index (χ1n) is 8.21. The van der Waals surface area contributed by atoms with Crippen molar-refractivity contribution in [1.29, 1.82) is 0 Å². The van der Waals surface area contributed by atoms with Gasteiger partial charge < -0.3 is 15.4 Å². The minimum Gasteiger partial charge on any atom is -0.399 e. The molecule has 2 saturated heterocycles. The average molecular weight is 344 g/mol. The van der Waals surface area contributed by atoms with E-state index in [4.69, 9.17) is 10.5 Å². The van der Waals surface area contributed by atoms with E-state index in [9.17, 15) is 14.4 Å². The van der Waals surface area contributed by atoms with Crippen LogP contribution in [0.5, 0.6) is 0 Å². The van der Waals surface area contributed by atoms with Gasteiger partial charge in [0.25, 0.3) is 0 Å². The number of carbonyl (C=O) groups excluding carboxylic acids is 3. The van der Waals surface area contributed by atoms with Crippen molar-refractivity contribution in [2.24, 2.45) is 5.41 Å². The number of nitrogens with two attached hydrogens (primary N) is 1. The maximum Gasteiger partial charge on any atom is 0.332 e. The van der Waals surface area contributed by atoms with Gasteiger partial charge in [-0.05, 0) is 30.2 Å². The predicted molar refractivity (Wildman–Crippen MR) is 89.9 cm³/mol. The number of rotatable bonds is 0. The summed E-state index contributed by atoms with van der Waals surface area (Å²) in [7, 11) is 2.83. The van der Waals surface area contributed by atoms with E-state index in [2.05, 4.69) is 4.90 Å². The minimum absolute atomic E-state index is 0.206. The zero-order chi connectivity index (χ0) is 17.9. The van der Waals surface area contributed by atoms with Crippen LogP contribution in [0.1, 0.15) is 5.56 Å². The fourth-order valence-corrected chi connectivity index (χ4v) is 4.27. The van der Waals surface area contributed by atoms with Crippen molar-refractivity contribution in [3.63, 3.8) is 0 Å². The summed E-state index contributed by atoms with van der Waals surface area (Å²) < 4.78 is 5.61. The molecule has 1 atom stereocenters. The van der Waals surface area contributed by atoms with Crippen molar-refractivity contribution in [3.8, 4) is 0 Å². The standard InChI is InChI=1S/C17H20N4O4/c1-19-14(22)17(15(23)20(2)16(19)24)8-10-7-11(18)3-4-12(10)21-5-6-25-9-13(17)21/h3-4,7,13H,5-6,8-9,18H2,1-2H3/t13-/m0/s1. The summed E-state index contributed by atoms with van der Waals surface area (Å²) in [5.74, 6) is -0.955. The van der Waals surface area contributed by atoms with Crippen LogP contribution in [-0.2, 0) is 20.7 Å². The van der Waals surface area contributed by atoms with Crippen LogP contribution < -0.4 is 10.6 Å². The van der Waals surface area contributed by atoms with Crippen LogP contribution in [0, 0.1) is 5.41 Å². The zero-order valence-corrected chi connectivity index (χ0v) is 14.2. The first-order chi connectivity index (χ1) is 11.9. The molecule has 0 saturated carbocycles. The lowest BCUT2D eigenvalue weighted by Gasteiger charge is -2.54. The lowest BCUT2D eigenvalue weighted by molar-refractivity contribution is -0.161. The molecule has 1 spiro atoms. The largest absolute Gasteiger partial charge is 0.399 e. The van der Waals surface area contributed by atoms with E-state index in [1.54, 1.807) is 6.07 Å². The third-order valence-corrected chi connectivity index (χ3v) is 5.53. The van der Waals surface area contributed by atoms with Gasteiger partial charge in [0.15, 0.2) is 5.41 Å². The SMILES string of the molecule is CN1C(=O)N(C)C(=O)C2(Cc3cc(N)ccc3N3CCOC[C@H]32)C1=O. The molecular formula is C17H20N4O4. The number of hydrogen-bond donors (Lipinski definition) is 1. The fourth-order valence-electron chi connectivity index (χ4n) is 4.27. The van der Waals surface area contributed by atoms with Gasteiger partial charge in [-0.3, -0.25) is 19.4 Å². The van der Waals surface area contributed by atoms with Gasteiger partial charge in [-0.1, -0.05) is 0 Å². The molecule has 2 fully saturated rings. The molecule has 2 N–H and O–H groups in total. The molecule has 3 heterocycles. The van der Waals surface area contributed by atoms with Gasteiger partial charge in [-0.2, -0.15) is 0 Å². The molecule has 8 heteroatoms. The number of nitrogens with zero attached hydrogens (tertiary/aromatic N) is 3. The Morgan fingerprint density at radius 2 is 1.84 bits per heavy atom. The Morgan fingerprint density at radius 3 is 2.52 bits per heavy atom. The lowest BCUT2D eigenvalue weighted by Crippen LogP contribution is -2.73. The number of anilines is 2. The van der Waals surface area contributed by atoms with Crippen molar-refractivity contribution >= 4 is 29.2 Å². The molecular weight excluding hydrogens is 324 g/mol. The van der Waals surface area contributed by atoms with Crippen LogP contribution >= 0.6 is 0 Å². The summed E-state index contributed by atoms with van der Waals surface area (Å²) in [6.45, 7) is 1.35. The average Bonchev–Trinajstić information content (AvgIpc) is 2.63. The number of nitrogen functional groups attached to an aromatic ring is 1. The zero-order valence-electron chi connectivity index (χ0n) is 14.2. The summed E-state index contributed by atoms with van der Waals surface area (Å²) in [6.07, 6.45) is 0.206. The van der Waals surface area contributed by atoms with Gasteiger partial charge in [0, 0.05) is 32.0 Å². The number of hydrogen-bond acceptors (Lipinski definition) is 6. The fraction of sp³-hybridized carbons (Fsp3) is 0.471. The summed E-state index contributed by atoms with van der Waals surface area (Å²) >= 11 is 0. The second-order valence-corrected chi connectivity index (χ2v) is 6.83. The summed E-state index contributed by atoms with van der Waals surface area (Å²) in [6, 6.07) is 4.49. The van der Waals surface area contributed by atoms with Crippen molar-refractivity contribution < 1.29 is 19.1 Å². The molecule has 1 aromatic rings. The quantitative estimate of drug-likeness (QED) is 0.528. The number of benzene rings is 1. The molecule has 4 rings (SSSR count). The molecule has 1 aromatic carbocycles. The Kier molecular flexibility index (Phi) is 3.30. The van der Waals surface area contributed by atoms with Crippen LogP contribution in [0.15, 0.2) is 18.2 Å².